The molecule has 0 spiro atoms. The molecule has 0 fully saturated rings. The molecule has 0 amide bonds. The van der Waals surface area contributed by atoms with Crippen molar-refractivity contribution in [1.82, 2.24) is 9.78 Å². The van der Waals surface area contributed by atoms with Gasteiger partial charge in [-0.2, -0.15) is 5.10 Å². The molecule has 0 bridgehead atoms. The fraction of sp³-hybridized carbons (Fsp3) is 0.357. The number of halogens is 1. The molecule has 19 heavy (non-hydrogen) atoms. The summed E-state index contributed by atoms with van der Waals surface area (Å²) in [6.45, 7) is -0.0430. The topological polar surface area (TPSA) is 64.1 Å². The maximum atomic E-state index is 14.0. The van der Waals surface area contributed by atoms with Gasteiger partial charge in [-0.15, -0.1) is 0 Å². The molecule has 1 heterocycles. The second-order valence-corrected chi connectivity index (χ2v) is 4.82. The first-order valence-corrected chi connectivity index (χ1v) is 6.15. The van der Waals surface area contributed by atoms with Gasteiger partial charge in [0.05, 0.1) is 12.8 Å². The lowest BCUT2D eigenvalue weighted by atomic mass is 9.76. The van der Waals surface area contributed by atoms with E-state index in [-0.39, 0.29) is 19.0 Å². The van der Waals surface area contributed by atoms with E-state index in [1.165, 1.54) is 6.07 Å². The van der Waals surface area contributed by atoms with E-state index in [9.17, 15) is 9.50 Å². The summed E-state index contributed by atoms with van der Waals surface area (Å²) < 4.78 is 15.7. The van der Waals surface area contributed by atoms with Gasteiger partial charge in [0.25, 0.3) is 0 Å². The van der Waals surface area contributed by atoms with Crippen molar-refractivity contribution < 1.29 is 9.50 Å². The van der Waals surface area contributed by atoms with Crippen LogP contribution < -0.4 is 5.73 Å². The summed E-state index contributed by atoms with van der Waals surface area (Å²) in [7, 11) is 1.82. The Labute approximate surface area is 111 Å². The standard InChI is InChI=1S/C14H18FN3O/c1-18-8-11(7-17-18)6-14(9-16,10-19)12-4-2-3-5-13(12)15/h2-5,7-8,19H,6,9-10,16H2,1H3. The second kappa shape index (κ2) is 5.50. The van der Waals surface area contributed by atoms with E-state index in [0.29, 0.717) is 12.0 Å². The lowest BCUT2D eigenvalue weighted by molar-refractivity contribution is 0.192. The minimum absolute atomic E-state index is 0.166. The minimum Gasteiger partial charge on any atom is -0.395 e. The largest absolute Gasteiger partial charge is 0.395 e. The van der Waals surface area contributed by atoms with Crippen LogP contribution in [0, 0.1) is 5.82 Å². The summed E-state index contributed by atoms with van der Waals surface area (Å²) in [5.74, 6) is -0.342. The van der Waals surface area contributed by atoms with Crippen LogP contribution >= 0.6 is 0 Å². The van der Waals surface area contributed by atoms with Crippen LogP contribution in [0.2, 0.25) is 0 Å². The highest BCUT2D eigenvalue weighted by Gasteiger charge is 2.33. The molecule has 1 aromatic carbocycles. The molecule has 1 unspecified atom stereocenters. The number of hydrogen-bond donors (Lipinski definition) is 2. The van der Waals surface area contributed by atoms with Gasteiger partial charge in [-0.3, -0.25) is 4.68 Å². The van der Waals surface area contributed by atoms with Crippen molar-refractivity contribution in [3.05, 3.63) is 53.6 Å². The monoisotopic (exact) mass is 263 g/mol. The first-order valence-electron chi connectivity index (χ1n) is 6.15. The van der Waals surface area contributed by atoms with Crippen molar-refractivity contribution in [2.45, 2.75) is 11.8 Å². The average Bonchev–Trinajstić information content (AvgIpc) is 2.82. The first-order chi connectivity index (χ1) is 9.11. The number of aliphatic hydroxyl groups excluding tert-OH is 1. The average molecular weight is 263 g/mol. The van der Waals surface area contributed by atoms with Gasteiger partial charge in [0.2, 0.25) is 0 Å². The summed E-state index contributed by atoms with van der Waals surface area (Å²) >= 11 is 0. The quantitative estimate of drug-likeness (QED) is 0.845. The van der Waals surface area contributed by atoms with Gasteiger partial charge in [0, 0.05) is 25.2 Å². The maximum absolute atomic E-state index is 14.0. The Morgan fingerprint density at radius 1 is 1.42 bits per heavy atom. The van der Waals surface area contributed by atoms with Gasteiger partial charge in [0.15, 0.2) is 0 Å². The first kappa shape index (κ1) is 13.7. The zero-order valence-electron chi connectivity index (χ0n) is 10.9. The molecule has 5 heteroatoms. The van der Waals surface area contributed by atoms with Crippen LogP contribution in [0.1, 0.15) is 11.1 Å². The molecule has 0 aliphatic heterocycles. The fourth-order valence-corrected chi connectivity index (χ4v) is 2.33. The Kier molecular flexibility index (Phi) is 3.97. The number of aliphatic hydroxyl groups is 1. The number of rotatable bonds is 5. The molecule has 0 aliphatic rings. The summed E-state index contributed by atoms with van der Waals surface area (Å²) in [5.41, 5.74) is 6.38. The smallest absolute Gasteiger partial charge is 0.127 e. The fourth-order valence-electron chi connectivity index (χ4n) is 2.33. The number of nitrogens with zero attached hydrogens (tertiary/aromatic N) is 2. The van der Waals surface area contributed by atoms with Gasteiger partial charge < -0.3 is 10.8 Å². The third-order valence-corrected chi connectivity index (χ3v) is 3.44. The summed E-state index contributed by atoms with van der Waals surface area (Å²) in [5, 5.41) is 13.8. The Bertz CT molecular complexity index is 549. The third kappa shape index (κ3) is 2.67. The molecule has 3 N–H and O–H groups in total. The number of nitrogens with two attached hydrogens (primary N) is 1. The van der Waals surface area contributed by atoms with Crippen LogP contribution in [-0.4, -0.2) is 28.0 Å². The van der Waals surface area contributed by atoms with Gasteiger partial charge in [-0.1, -0.05) is 18.2 Å². The zero-order valence-corrected chi connectivity index (χ0v) is 10.9. The highest BCUT2D eigenvalue weighted by Crippen LogP contribution is 2.29. The van der Waals surface area contributed by atoms with Crippen molar-refractivity contribution in [1.29, 1.82) is 0 Å². The third-order valence-electron chi connectivity index (χ3n) is 3.44. The van der Waals surface area contributed by atoms with Crippen LogP contribution in [0.25, 0.3) is 0 Å². The zero-order chi connectivity index (χ0) is 13.9. The summed E-state index contributed by atoms with van der Waals surface area (Å²) in [6, 6.07) is 6.44. The molecule has 0 saturated heterocycles. The molecule has 102 valence electrons. The Balaban J connectivity index is 2.40. The molecule has 1 atom stereocenters. The number of benzene rings is 1. The highest BCUT2D eigenvalue weighted by molar-refractivity contribution is 5.30. The van der Waals surface area contributed by atoms with E-state index in [2.05, 4.69) is 5.10 Å². The van der Waals surface area contributed by atoms with Crippen molar-refractivity contribution in [3.8, 4) is 0 Å². The van der Waals surface area contributed by atoms with Crippen molar-refractivity contribution in [2.24, 2.45) is 12.8 Å². The molecule has 1 aromatic heterocycles. The predicted octanol–water partition coefficient (Wildman–Crippen LogP) is 0.991. The predicted molar refractivity (Wildman–Crippen MR) is 71.1 cm³/mol. The van der Waals surface area contributed by atoms with Crippen LogP contribution in [0.3, 0.4) is 0 Å². The van der Waals surface area contributed by atoms with Crippen molar-refractivity contribution in [3.63, 3.8) is 0 Å². The molecule has 0 radical (unpaired) electrons. The number of hydrogen-bond acceptors (Lipinski definition) is 3. The normalized spacial score (nSPS) is 14.3. The minimum atomic E-state index is -0.811. The van der Waals surface area contributed by atoms with E-state index < -0.39 is 5.41 Å². The van der Waals surface area contributed by atoms with E-state index in [1.54, 1.807) is 29.1 Å². The molecule has 4 nitrogen and oxygen atoms in total. The van der Waals surface area contributed by atoms with Crippen LogP contribution in [0.4, 0.5) is 4.39 Å². The lowest BCUT2D eigenvalue weighted by Crippen LogP contribution is -2.41. The van der Waals surface area contributed by atoms with Crippen LogP contribution in [0.5, 0.6) is 0 Å². The second-order valence-electron chi connectivity index (χ2n) is 4.82. The maximum Gasteiger partial charge on any atom is 0.127 e. The number of aromatic nitrogens is 2. The molecular formula is C14H18FN3O. The number of aryl methyl sites for hydroxylation is 1. The van der Waals surface area contributed by atoms with Crippen molar-refractivity contribution >= 4 is 0 Å². The Morgan fingerprint density at radius 3 is 2.68 bits per heavy atom. The summed E-state index contributed by atoms with van der Waals surface area (Å²) in [4.78, 5) is 0. The molecule has 2 rings (SSSR count). The van der Waals surface area contributed by atoms with E-state index in [1.807, 2.05) is 13.2 Å². The van der Waals surface area contributed by atoms with Crippen LogP contribution in [0.15, 0.2) is 36.7 Å². The Morgan fingerprint density at radius 2 is 2.16 bits per heavy atom. The lowest BCUT2D eigenvalue weighted by Gasteiger charge is -2.31. The molecule has 0 aliphatic carbocycles. The van der Waals surface area contributed by atoms with E-state index >= 15 is 0 Å². The SMILES string of the molecule is Cn1cc(CC(CN)(CO)c2ccccc2F)cn1. The van der Waals surface area contributed by atoms with E-state index in [0.717, 1.165) is 5.56 Å². The van der Waals surface area contributed by atoms with Crippen molar-refractivity contribution in [2.75, 3.05) is 13.2 Å². The van der Waals surface area contributed by atoms with Gasteiger partial charge >= 0.3 is 0 Å². The molecular weight excluding hydrogens is 245 g/mol. The van der Waals surface area contributed by atoms with E-state index in [4.69, 9.17) is 5.73 Å². The molecule has 2 aromatic rings. The van der Waals surface area contributed by atoms with Gasteiger partial charge in [-0.25, -0.2) is 4.39 Å². The van der Waals surface area contributed by atoms with Crippen LogP contribution in [-0.2, 0) is 18.9 Å². The summed E-state index contributed by atoms with van der Waals surface area (Å²) in [6.07, 6.45) is 4.01. The highest BCUT2D eigenvalue weighted by atomic mass is 19.1. The molecule has 0 saturated carbocycles. The Hall–Kier alpha value is -1.72. The van der Waals surface area contributed by atoms with Gasteiger partial charge in [0.1, 0.15) is 5.82 Å². The van der Waals surface area contributed by atoms with Gasteiger partial charge in [-0.05, 0) is 23.6 Å².